The highest BCUT2D eigenvalue weighted by Gasteiger charge is 2.46. The molecular formula is C22H20FN5. The molecule has 2 heterocycles. The van der Waals surface area contributed by atoms with Gasteiger partial charge in [-0.15, -0.1) is 10.2 Å². The highest BCUT2D eigenvalue weighted by atomic mass is 19.1. The second-order valence-corrected chi connectivity index (χ2v) is 7.48. The fourth-order valence-corrected chi connectivity index (χ4v) is 4.06. The van der Waals surface area contributed by atoms with Crippen LogP contribution in [0.3, 0.4) is 0 Å². The van der Waals surface area contributed by atoms with E-state index in [4.69, 9.17) is 5.26 Å². The average Bonchev–Trinajstić information content (AvgIpc) is 2.71. The summed E-state index contributed by atoms with van der Waals surface area (Å²) in [5.74, 6) is 0.925. The summed E-state index contributed by atoms with van der Waals surface area (Å²) < 4.78 is 14.3. The molecule has 0 saturated heterocycles. The number of nitriles is 1. The molecule has 1 N–H and O–H groups in total. The molecule has 1 saturated carbocycles. The smallest absolute Gasteiger partial charge is 0.148 e. The van der Waals surface area contributed by atoms with Gasteiger partial charge < -0.3 is 5.32 Å². The SMILES string of the molecule is CC1CC(CNc2ccc(-c3cccc(C#N)c3)nn2)(c2ncccc2F)C1. The molecule has 0 spiro atoms. The number of hydrogen-bond acceptors (Lipinski definition) is 5. The lowest BCUT2D eigenvalue weighted by atomic mass is 9.60. The van der Waals surface area contributed by atoms with Gasteiger partial charge in [-0.2, -0.15) is 5.26 Å². The van der Waals surface area contributed by atoms with Crippen LogP contribution in [0, 0.1) is 23.1 Å². The van der Waals surface area contributed by atoms with Gasteiger partial charge in [0, 0.05) is 23.7 Å². The molecule has 0 unspecified atom stereocenters. The zero-order chi connectivity index (χ0) is 19.6. The molecule has 1 aliphatic carbocycles. The second-order valence-electron chi connectivity index (χ2n) is 7.48. The third-order valence-corrected chi connectivity index (χ3v) is 5.30. The van der Waals surface area contributed by atoms with Gasteiger partial charge in [-0.25, -0.2) is 4.39 Å². The molecule has 1 aliphatic rings. The first-order valence-electron chi connectivity index (χ1n) is 9.29. The lowest BCUT2D eigenvalue weighted by Crippen LogP contribution is -2.47. The van der Waals surface area contributed by atoms with E-state index in [1.165, 1.54) is 6.07 Å². The normalized spacial score (nSPS) is 20.8. The quantitative estimate of drug-likeness (QED) is 0.720. The van der Waals surface area contributed by atoms with E-state index >= 15 is 0 Å². The molecule has 0 aliphatic heterocycles. The number of anilines is 1. The molecule has 0 bridgehead atoms. The number of nitrogens with one attached hydrogen (secondary N) is 1. The summed E-state index contributed by atoms with van der Waals surface area (Å²) in [4.78, 5) is 4.31. The van der Waals surface area contributed by atoms with Crippen LogP contribution in [0.4, 0.5) is 10.2 Å². The zero-order valence-electron chi connectivity index (χ0n) is 15.6. The van der Waals surface area contributed by atoms with Crippen molar-refractivity contribution in [1.82, 2.24) is 15.2 Å². The Bertz CT molecular complexity index is 1020. The van der Waals surface area contributed by atoms with Crippen molar-refractivity contribution >= 4 is 5.82 Å². The van der Waals surface area contributed by atoms with E-state index in [0.717, 1.165) is 18.4 Å². The Morgan fingerprint density at radius 3 is 2.71 bits per heavy atom. The van der Waals surface area contributed by atoms with E-state index in [-0.39, 0.29) is 11.2 Å². The van der Waals surface area contributed by atoms with Crippen LogP contribution in [0.25, 0.3) is 11.3 Å². The van der Waals surface area contributed by atoms with Crippen LogP contribution in [0.2, 0.25) is 0 Å². The van der Waals surface area contributed by atoms with Crippen LogP contribution in [-0.2, 0) is 5.41 Å². The van der Waals surface area contributed by atoms with Gasteiger partial charge in [0.2, 0.25) is 0 Å². The molecule has 0 radical (unpaired) electrons. The maximum absolute atomic E-state index is 14.3. The van der Waals surface area contributed by atoms with E-state index in [2.05, 4.69) is 33.5 Å². The van der Waals surface area contributed by atoms with Crippen LogP contribution in [0.1, 0.15) is 31.0 Å². The van der Waals surface area contributed by atoms with Crippen molar-refractivity contribution in [2.45, 2.75) is 25.2 Å². The summed E-state index contributed by atoms with van der Waals surface area (Å²) >= 11 is 0. The monoisotopic (exact) mass is 373 g/mol. The average molecular weight is 373 g/mol. The first-order chi connectivity index (χ1) is 13.6. The minimum Gasteiger partial charge on any atom is -0.368 e. The van der Waals surface area contributed by atoms with Crippen molar-refractivity contribution < 1.29 is 4.39 Å². The fourth-order valence-electron chi connectivity index (χ4n) is 4.06. The molecule has 1 aromatic carbocycles. The van der Waals surface area contributed by atoms with Gasteiger partial charge in [-0.3, -0.25) is 4.98 Å². The Morgan fingerprint density at radius 1 is 1.18 bits per heavy atom. The van der Waals surface area contributed by atoms with Gasteiger partial charge in [0.05, 0.1) is 23.0 Å². The number of halogens is 1. The Morgan fingerprint density at radius 2 is 2.04 bits per heavy atom. The van der Waals surface area contributed by atoms with E-state index in [1.54, 1.807) is 24.4 Å². The van der Waals surface area contributed by atoms with Crippen molar-refractivity contribution in [2.24, 2.45) is 5.92 Å². The molecule has 4 rings (SSSR count). The third kappa shape index (κ3) is 3.44. The Hall–Kier alpha value is -3.33. The standard InChI is InChI=1S/C22H20FN5/c1-15-11-22(12-15,21-18(23)6-3-9-25-21)14-26-20-8-7-19(27-28-20)17-5-2-4-16(10-17)13-24/h2-10,15H,11-12,14H2,1H3,(H,26,28). The largest absolute Gasteiger partial charge is 0.368 e. The summed E-state index contributed by atoms with van der Waals surface area (Å²) in [6.45, 7) is 2.73. The van der Waals surface area contributed by atoms with Crippen molar-refractivity contribution in [3.8, 4) is 17.3 Å². The Labute approximate surface area is 163 Å². The Kier molecular flexibility index (Phi) is 4.74. The highest BCUT2D eigenvalue weighted by molar-refractivity contribution is 5.61. The summed E-state index contributed by atoms with van der Waals surface area (Å²) in [5.41, 5.74) is 2.34. The van der Waals surface area contributed by atoms with Gasteiger partial charge in [-0.1, -0.05) is 19.1 Å². The molecule has 0 atom stereocenters. The summed E-state index contributed by atoms with van der Waals surface area (Å²) in [6.07, 6.45) is 3.42. The number of pyridine rings is 1. The zero-order valence-corrected chi connectivity index (χ0v) is 15.6. The predicted octanol–water partition coefficient (Wildman–Crippen LogP) is 4.33. The van der Waals surface area contributed by atoms with Crippen molar-refractivity contribution in [1.29, 1.82) is 5.26 Å². The summed E-state index contributed by atoms with van der Waals surface area (Å²) in [6, 6.07) is 16.2. The van der Waals surface area contributed by atoms with Gasteiger partial charge in [0.1, 0.15) is 11.6 Å². The summed E-state index contributed by atoms with van der Waals surface area (Å²) in [5, 5.41) is 20.8. The first-order valence-corrected chi connectivity index (χ1v) is 9.29. The van der Waals surface area contributed by atoms with Crippen molar-refractivity contribution in [3.05, 3.63) is 71.8 Å². The maximum Gasteiger partial charge on any atom is 0.148 e. The topological polar surface area (TPSA) is 74.5 Å². The second kappa shape index (κ2) is 7.35. The van der Waals surface area contributed by atoms with Gasteiger partial charge in [-0.05, 0) is 55.2 Å². The molecule has 28 heavy (non-hydrogen) atoms. The molecule has 5 nitrogen and oxygen atoms in total. The van der Waals surface area contributed by atoms with Gasteiger partial charge in [0.25, 0.3) is 0 Å². The highest BCUT2D eigenvalue weighted by Crippen LogP contribution is 2.47. The van der Waals surface area contributed by atoms with E-state index in [9.17, 15) is 4.39 Å². The Balaban J connectivity index is 1.50. The first kappa shape index (κ1) is 18.1. The molecule has 3 aromatic rings. The summed E-state index contributed by atoms with van der Waals surface area (Å²) in [7, 11) is 0. The van der Waals surface area contributed by atoms with Gasteiger partial charge >= 0.3 is 0 Å². The van der Waals surface area contributed by atoms with Crippen LogP contribution < -0.4 is 5.32 Å². The number of aromatic nitrogens is 3. The number of rotatable bonds is 5. The molecule has 1 fully saturated rings. The van der Waals surface area contributed by atoms with E-state index in [1.807, 2.05) is 24.3 Å². The van der Waals surface area contributed by atoms with Crippen LogP contribution in [0.5, 0.6) is 0 Å². The maximum atomic E-state index is 14.3. The van der Waals surface area contributed by atoms with Crippen molar-refractivity contribution in [2.75, 3.05) is 11.9 Å². The van der Waals surface area contributed by atoms with E-state index in [0.29, 0.717) is 35.2 Å². The molecule has 2 aromatic heterocycles. The predicted molar refractivity (Wildman–Crippen MR) is 105 cm³/mol. The lowest BCUT2D eigenvalue weighted by molar-refractivity contribution is 0.159. The van der Waals surface area contributed by atoms with E-state index < -0.39 is 0 Å². The molecule has 140 valence electrons. The minimum absolute atomic E-state index is 0.255. The molecular weight excluding hydrogens is 353 g/mol. The fraction of sp³-hybridized carbons (Fsp3) is 0.273. The number of hydrogen-bond donors (Lipinski definition) is 1. The molecule has 0 amide bonds. The van der Waals surface area contributed by atoms with Crippen LogP contribution in [0.15, 0.2) is 54.7 Å². The van der Waals surface area contributed by atoms with Gasteiger partial charge in [0.15, 0.2) is 0 Å². The minimum atomic E-state index is -0.313. The van der Waals surface area contributed by atoms with Crippen LogP contribution in [-0.4, -0.2) is 21.7 Å². The lowest BCUT2D eigenvalue weighted by Gasteiger charge is -2.46. The number of benzene rings is 1. The van der Waals surface area contributed by atoms with Crippen LogP contribution >= 0.6 is 0 Å². The molecule has 6 heteroatoms. The van der Waals surface area contributed by atoms with Crippen molar-refractivity contribution in [3.63, 3.8) is 0 Å². The number of nitrogens with zero attached hydrogens (tertiary/aromatic N) is 4. The third-order valence-electron chi connectivity index (χ3n) is 5.30.